The lowest BCUT2D eigenvalue weighted by atomic mass is 10.0. The van der Waals surface area contributed by atoms with Crippen LogP contribution in [0.25, 0.3) is 17.2 Å². The van der Waals surface area contributed by atoms with E-state index in [-0.39, 0.29) is 5.78 Å². The van der Waals surface area contributed by atoms with Gasteiger partial charge in [0, 0.05) is 10.6 Å². The molecule has 0 radical (unpaired) electrons. The van der Waals surface area contributed by atoms with Crippen molar-refractivity contribution in [3.05, 3.63) is 101 Å². The van der Waals surface area contributed by atoms with E-state index in [1.807, 2.05) is 72.8 Å². The standard InChI is InChI=1S/C21H15ClO/c22-20-9-5-4-8-18(20)14-15-21(23)19-12-10-17(11-13-19)16-6-2-1-3-7-16/h1-15H/b15-14+. The van der Waals surface area contributed by atoms with Gasteiger partial charge in [-0.1, -0.05) is 84.4 Å². The largest absolute Gasteiger partial charge is 0.289 e. The van der Waals surface area contributed by atoms with Crippen molar-refractivity contribution in [1.82, 2.24) is 0 Å². The first-order chi connectivity index (χ1) is 11.2. The molecule has 3 rings (SSSR count). The Morgan fingerprint density at radius 1 is 0.739 bits per heavy atom. The van der Waals surface area contributed by atoms with Gasteiger partial charge in [-0.25, -0.2) is 0 Å². The van der Waals surface area contributed by atoms with Crippen LogP contribution in [0.15, 0.2) is 84.9 Å². The smallest absolute Gasteiger partial charge is 0.185 e. The van der Waals surface area contributed by atoms with E-state index >= 15 is 0 Å². The molecule has 0 bridgehead atoms. The summed E-state index contributed by atoms with van der Waals surface area (Å²) in [6.45, 7) is 0. The monoisotopic (exact) mass is 318 g/mol. The molecule has 0 fully saturated rings. The van der Waals surface area contributed by atoms with E-state index in [2.05, 4.69) is 0 Å². The first kappa shape index (κ1) is 15.3. The average molecular weight is 319 g/mol. The summed E-state index contributed by atoms with van der Waals surface area (Å²) in [6.07, 6.45) is 3.30. The van der Waals surface area contributed by atoms with Gasteiger partial charge in [0.2, 0.25) is 0 Å². The van der Waals surface area contributed by atoms with Crippen LogP contribution in [0, 0.1) is 0 Å². The van der Waals surface area contributed by atoms with Crippen molar-refractivity contribution >= 4 is 23.5 Å². The lowest BCUT2D eigenvalue weighted by Crippen LogP contribution is -1.93. The summed E-state index contributed by atoms with van der Waals surface area (Å²) in [6, 6.07) is 25.2. The zero-order chi connectivity index (χ0) is 16.1. The van der Waals surface area contributed by atoms with Gasteiger partial charge in [-0.3, -0.25) is 4.79 Å². The van der Waals surface area contributed by atoms with Crippen LogP contribution in [0.2, 0.25) is 5.02 Å². The van der Waals surface area contributed by atoms with Gasteiger partial charge in [0.25, 0.3) is 0 Å². The van der Waals surface area contributed by atoms with Crippen molar-refractivity contribution < 1.29 is 4.79 Å². The zero-order valence-corrected chi connectivity index (χ0v) is 13.2. The van der Waals surface area contributed by atoms with E-state index in [0.29, 0.717) is 10.6 Å². The number of hydrogen-bond donors (Lipinski definition) is 0. The Bertz CT molecular complexity index is 833. The lowest BCUT2D eigenvalue weighted by Gasteiger charge is -2.02. The number of carbonyl (C=O) groups is 1. The maximum Gasteiger partial charge on any atom is 0.185 e. The van der Waals surface area contributed by atoms with E-state index in [9.17, 15) is 4.79 Å². The first-order valence-corrected chi connectivity index (χ1v) is 7.74. The molecule has 0 atom stereocenters. The van der Waals surface area contributed by atoms with Crippen LogP contribution >= 0.6 is 11.6 Å². The molecule has 2 heteroatoms. The fraction of sp³-hybridized carbons (Fsp3) is 0. The van der Waals surface area contributed by atoms with Crippen LogP contribution in [0.5, 0.6) is 0 Å². The third-order valence-corrected chi connectivity index (χ3v) is 3.94. The Balaban J connectivity index is 1.77. The zero-order valence-electron chi connectivity index (χ0n) is 12.4. The third kappa shape index (κ3) is 3.77. The second-order valence-corrected chi connectivity index (χ2v) is 5.57. The highest BCUT2D eigenvalue weighted by molar-refractivity contribution is 6.32. The maximum atomic E-state index is 12.2. The van der Waals surface area contributed by atoms with Crippen molar-refractivity contribution in [3.8, 4) is 11.1 Å². The topological polar surface area (TPSA) is 17.1 Å². The molecule has 0 aliphatic carbocycles. The number of carbonyl (C=O) groups excluding carboxylic acids is 1. The van der Waals surface area contributed by atoms with Gasteiger partial charge >= 0.3 is 0 Å². The highest BCUT2D eigenvalue weighted by Crippen LogP contribution is 2.20. The Morgan fingerprint density at radius 3 is 2.04 bits per heavy atom. The van der Waals surface area contributed by atoms with E-state index in [1.165, 1.54) is 0 Å². The van der Waals surface area contributed by atoms with Crippen molar-refractivity contribution in [3.63, 3.8) is 0 Å². The maximum absolute atomic E-state index is 12.2. The van der Waals surface area contributed by atoms with E-state index in [0.717, 1.165) is 16.7 Å². The summed E-state index contributed by atoms with van der Waals surface area (Å²) >= 11 is 6.08. The van der Waals surface area contributed by atoms with Crippen LogP contribution < -0.4 is 0 Å². The minimum atomic E-state index is -0.0375. The van der Waals surface area contributed by atoms with E-state index < -0.39 is 0 Å². The molecule has 0 spiro atoms. The third-order valence-electron chi connectivity index (χ3n) is 3.60. The number of hydrogen-bond acceptors (Lipinski definition) is 1. The van der Waals surface area contributed by atoms with Gasteiger partial charge in [0.1, 0.15) is 0 Å². The summed E-state index contributed by atoms with van der Waals surface area (Å²) in [5, 5.41) is 0.635. The van der Waals surface area contributed by atoms with Crippen LogP contribution in [-0.4, -0.2) is 5.78 Å². The summed E-state index contributed by atoms with van der Waals surface area (Å²) in [5.41, 5.74) is 3.73. The van der Waals surface area contributed by atoms with Crippen LogP contribution in [0.3, 0.4) is 0 Å². The normalized spacial score (nSPS) is 10.8. The van der Waals surface area contributed by atoms with Crippen molar-refractivity contribution in [2.45, 2.75) is 0 Å². The molecular formula is C21H15ClO. The number of rotatable bonds is 4. The summed E-state index contributed by atoms with van der Waals surface area (Å²) < 4.78 is 0. The molecule has 0 amide bonds. The van der Waals surface area contributed by atoms with Crippen molar-refractivity contribution in [2.24, 2.45) is 0 Å². The number of halogens is 1. The fourth-order valence-electron chi connectivity index (χ4n) is 2.33. The SMILES string of the molecule is O=C(/C=C/c1ccccc1Cl)c1ccc(-c2ccccc2)cc1. The molecule has 23 heavy (non-hydrogen) atoms. The lowest BCUT2D eigenvalue weighted by molar-refractivity contribution is 0.104. The van der Waals surface area contributed by atoms with Crippen molar-refractivity contribution in [1.29, 1.82) is 0 Å². The average Bonchev–Trinajstić information content (AvgIpc) is 2.62. The molecule has 3 aromatic rings. The minimum Gasteiger partial charge on any atom is -0.289 e. The van der Waals surface area contributed by atoms with Gasteiger partial charge in [-0.15, -0.1) is 0 Å². The van der Waals surface area contributed by atoms with Crippen LogP contribution in [0.4, 0.5) is 0 Å². The van der Waals surface area contributed by atoms with Gasteiger partial charge in [0.15, 0.2) is 5.78 Å². The number of ketones is 1. The van der Waals surface area contributed by atoms with Crippen LogP contribution in [0.1, 0.15) is 15.9 Å². The Labute approximate surface area is 140 Å². The molecule has 0 aromatic heterocycles. The van der Waals surface area contributed by atoms with Crippen molar-refractivity contribution in [2.75, 3.05) is 0 Å². The summed E-state index contributed by atoms with van der Waals surface area (Å²) in [5.74, 6) is -0.0375. The number of allylic oxidation sites excluding steroid dienone is 1. The second kappa shape index (κ2) is 7.08. The fourth-order valence-corrected chi connectivity index (χ4v) is 2.53. The van der Waals surface area contributed by atoms with Crippen LogP contribution in [-0.2, 0) is 0 Å². The Morgan fingerprint density at radius 2 is 1.35 bits per heavy atom. The highest BCUT2D eigenvalue weighted by Gasteiger charge is 2.03. The number of benzene rings is 3. The van der Waals surface area contributed by atoms with E-state index in [1.54, 1.807) is 18.2 Å². The molecular weight excluding hydrogens is 304 g/mol. The molecule has 0 saturated carbocycles. The molecule has 3 aromatic carbocycles. The molecule has 0 aliphatic heterocycles. The molecule has 0 N–H and O–H groups in total. The molecule has 0 unspecified atom stereocenters. The molecule has 0 heterocycles. The van der Waals surface area contributed by atoms with Gasteiger partial charge in [-0.05, 0) is 34.9 Å². The molecule has 0 saturated heterocycles. The van der Waals surface area contributed by atoms with E-state index in [4.69, 9.17) is 11.6 Å². The quantitative estimate of drug-likeness (QED) is 0.432. The van der Waals surface area contributed by atoms with Gasteiger partial charge in [-0.2, -0.15) is 0 Å². The molecule has 112 valence electrons. The Hall–Kier alpha value is -2.64. The second-order valence-electron chi connectivity index (χ2n) is 5.16. The molecule has 1 nitrogen and oxygen atoms in total. The first-order valence-electron chi connectivity index (χ1n) is 7.36. The molecule has 0 aliphatic rings. The highest BCUT2D eigenvalue weighted by atomic mass is 35.5. The summed E-state index contributed by atoms with van der Waals surface area (Å²) in [4.78, 5) is 12.2. The predicted molar refractivity (Wildman–Crippen MR) is 96.7 cm³/mol. The Kier molecular flexibility index (Phi) is 4.70. The van der Waals surface area contributed by atoms with Gasteiger partial charge in [0.05, 0.1) is 0 Å². The summed E-state index contributed by atoms with van der Waals surface area (Å²) in [7, 11) is 0. The minimum absolute atomic E-state index is 0.0375. The predicted octanol–water partition coefficient (Wildman–Crippen LogP) is 5.90. The van der Waals surface area contributed by atoms with Gasteiger partial charge < -0.3 is 0 Å².